The van der Waals surface area contributed by atoms with Crippen LogP contribution in [-0.4, -0.2) is 49.8 Å². The minimum atomic E-state index is -3.37. The Bertz CT molecular complexity index is 1700. The molecule has 1 aromatic carbocycles. The number of pyridine rings is 1. The lowest BCUT2D eigenvalue weighted by Gasteiger charge is -2.39. The van der Waals surface area contributed by atoms with Gasteiger partial charge in [0.2, 0.25) is 0 Å². The Labute approximate surface area is 261 Å². The normalized spacial score (nSPS) is 28.2. The Hall–Kier alpha value is -3.49. The van der Waals surface area contributed by atoms with Crippen molar-refractivity contribution in [2.24, 2.45) is 5.92 Å². The zero-order chi connectivity index (χ0) is 32.1. The number of aromatic nitrogens is 3. The van der Waals surface area contributed by atoms with Crippen molar-refractivity contribution in [1.82, 2.24) is 19.4 Å². The van der Waals surface area contributed by atoms with E-state index in [9.17, 15) is 15.2 Å². The summed E-state index contributed by atoms with van der Waals surface area (Å²) in [5.74, 6) is -4.60. The quantitative estimate of drug-likeness (QED) is 0.338. The van der Waals surface area contributed by atoms with Gasteiger partial charge in [0.15, 0.2) is 0 Å². The number of fused-ring (bicyclic) bond motifs is 9. The molecule has 0 spiro atoms. The molecule has 0 radical (unpaired) electrons. The zero-order valence-electron chi connectivity index (χ0n) is 26.2. The molecule has 1 saturated carbocycles. The molecule has 8 nitrogen and oxygen atoms in total. The molecule has 1 unspecified atom stereocenters. The van der Waals surface area contributed by atoms with Crippen molar-refractivity contribution in [2.45, 2.75) is 102 Å². The maximum absolute atomic E-state index is 16.0. The molecule has 2 N–H and O–H groups in total. The molecule has 3 aromatic rings. The van der Waals surface area contributed by atoms with Gasteiger partial charge in [-0.05, 0) is 78.5 Å². The molecule has 4 aliphatic rings. The van der Waals surface area contributed by atoms with Crippen molar-refractivity contribution in [3.05, 3.63) is 63.0 Å². The third-order valence-corrected chi connectivity index (χ3v) is 10.0. The molecule has 1 aliphatic carbocycles. The van der Waals surface area contributed by atoms with Crippen LogP contribution in [0.2, 0.25) is 0 Å². The second-order valence-corrected chi connectivity index (χ2v) is 13.6. The van der Waals surface area contributed by atoms with E-state index in [0.29, 0.717) is 80.1 Å². The first-order valence-corrected chi connectivity index (χ1v) is 16.1. The van der Waals surface area contributed by atoms with Gasteiger partial charge in [-0.1, -0.05) is 31.0 Å². The predicted octanol–water partition coefficient (Wildman–Crippen LogP) is 6.10. The third kappa shape index (κ3) is 5.95. The first-order valence-electron chi connectivity index (χ1n) is 16.1. The van der Waals surface area contributed by atoms with Gasteiger partial charge >= 0.3 is 0 Å². The topological polar surface area (TPSA) is 107 Å². The van der Waals surface area contributed by atoms with Gasteiger partial charge < -0.3 is 15.3 Å². The van der Waals surface area contributed by atoms with Crippen molar-refractivity contribution in [1.29, 1.82) is 5.26 Å². The van der Waals surface area contributed by atoms with Crippen LogP contribution in [0.1, 0.15) is 93.8 Å². The zero-order valence-corrected chi connectivity index (χ0v) is 26.2. The van der Waals surface area contributed by atoms with E-state index in [1.807, 2.05) is 4.90 Å². The highest BCUT2D eigenvalue weighted by Gasteiger charge is 2.48. The molecule has 240 valence electrons. The molecule has 0 amide bonds. The Morgan fingerprint density at radius 1 is 1.07 bits per heavy atom. The number of aliphatic hydroxyl groups is 1. The fraction of sp³-hybridized carbons (Fsp3) is 0.588. The fourth-order valence-electron chi connectivity index (χ4n) is 7.19. The number of piperidine rings is 1. The molecule has 8 bridgehead atoms. The first-order chi connectivity index (χ1) is 21.3. The Balaban J connectivity index is 1.46. The van der Waals surface area contributed by atoms with Crippen LogP contribution < -0.4 is 10.9 Å². The highest BCUT2D eigenvalue weighted by Crippen LogP contribution is 2.47. The second kappa shape index (κ2) is 11.7. The highest BCUT2D eigenvalue weighted by molar-refractivity contribution is 5.88. The van der Waals surface area contributed by atoms with Crippen molar-refractivity contribution in [2.75, 3.05) is 25.0 Å². The summed E-state index contributed by atoms with van der Waals surface area (Å²) in [7, 11) is 0. The summed E-state index contributed by atoms with van der Waals surface area (Å²) < 4.78 is 49.5. The van der Waals surface area contributed by atoms with Crippen LogP contribution in [0, 0.1) is 30.0 Å². The molecule has 2 aromatic heterocycles. The van der Waals surface area contributed by atoms with E-state index < -0.39 is 40.3 Å². The molecular weight excluding hydrogens is 581 g/mol. The van der Waals surface area contributed by atoms with Crippen LogP contribution in [0.3, 0.4) is 0 Å². The van der Waals surface area contributed by atoms with Crippen LogP contribution in [0.25, 0.3) is 11.0 Å². The number of hydrogen-bond acceptors (Lipinski definition) is 7. The van der Waals surface area contributed by atoms with Gasteiger partial charge in [0.05, 0.1) is 34.1 Å². The molecule has 3 aliphatic heterocycles. The highest BCUT2D eigenvalue weighted by atomic mass is 19.3. The molecular formula is C34H41F3N6O2. The molecule has 2 atom stereocenters. The Morgan fingerprint density at radius 2 is 1.80 bits per heavy atom. The van der Waals surface area contributed by atoms with E-state index in [1.165, 1.54) is 18.2 Å². The summed E-state index contributed by atoms with van der Waals surface area (Å²) in [6.45, 7) is 6.73. The van der Waals surface area contributed by atoms with Gasteiger partial charge in [-0.15, -0.1) is 0 Å². The van der Waals surface area contributed by atoms with E-state index in [-0.39, 0.29) is 24.0 Å². The molecule has 5 heterocycles. The van der Waals surface area contributed by atoms with Crippen LogP contribution in [-0.2, 0) is 17.9 Å². The van der Waals surface area contributed by atoms with E-state index in [0.717, 1.165) is 12.8 Å². The molecule has 11 heteroatoms. The average molecular weight is 623 g/mol. The van der Waals surface area contributed by atoms with E-state index in [4.69, 9.17) is 0 Å². The van der Waals surface area contributed by atoms with Gasteiger partial charge in [0, 0.05) is 30.1 Å². The van der Waals surface area contributed by atoms with E-state index in [1.54, 1.807) is 31.4 Å². The van der Waals surface area contributed by atoms with Gasteiger partial charge in [-0.25, -0.2) is 23.1 Å². The number of anilines is 1. The van der Waals surface area contributed by atoms with Crippen molar-refractivity contribution >= 4 is 16.9 Å². The molecule has 7 rings (SSSR count). The smallest absolute Gasteiger partial charge is 0.278 e. The average Bonchev–Trinajstić information content (AvgIpc) is 3.78. The lowest BCUT2D eigenvalue weighted by Crippen LogP contribution is -2.46. The number of halogens is 3. The molecule has 2 fully saturated rings. The first kappa shape index (κ1) is 31.5. The van der Waals surface area contributed by atoms with Gasteiger partial charge in [-0.3, -0.25) is 9.36 Å². The fourth-order valence-corrected chi connectivity index (χ4v) is 7.19. The van der Waals surface area contributed by atoms with Crippen molar-refractivity contribution in [3.63, 3.8) is 0 Å². The number of benzene rings is 1. The van der Waals surface area contributed by atoms with Gasteiger partial charge in [0.25, 0.3) is 11.5 Å². The summed E-state index contributed by atoms with van der Waals surface area (Å²) in [5.41, 5.74) is -1.86. The molecule has 45 heavy (non-hydrogen) atoms. The summed E-state index contributed by atoms with van der Waals surface area (Å²) in [4.78, 5) is 25.1. The van der Waals surface area contributed by atoms with Crippen molar-refractivity contribution < 1.29 is 18.3 Å². The van der Waals surface area contributed by atoms with E-state index in [2.05, 4.69) is 21.4 Å². The minimum Gasteiger partial charge on any atom is -0.389 e. The third-order valence-electron chi connectivity index (χ3n) is 10.0. The van der Waals surface area contributed by atoms with Crippen molar-refractivity contribution in [3.8, 4) is 6.07 Å². The van der Waals surface area contributed by atoms with Crippen LogP contribution in [0.5, 0.6) is 0 Å². The number of aryl methyl sites for hydroxylation is 2. The maximum atomic E-state index is 16.0. The summed E-state index contributed by atoms with van der Waals surface area (Å²) >= 11 is 0. The Kier molecular flexibility index (Phi) is 8.19. The van der Waals surface area contributed by atoms with Gasteiger partial charge in [0.1, 0.15) is 23.1 Å². The number of hydrogen-bond donors (Lipinski definition) is 2. The number of nitriles is 1. The van der Waals surface area contributed by atoms with Gasteiger partial charge in [-0.2, -0.15) is 5.26 Å². The number of alkyl halides is 2. The lowest BCUT2D eigenvalue weighted by molar-refractivity contribution is -0.0934. The van der Waals surface area contributed by atoms with E-state index >= 15 is 13.2 Å². The largest absolute Gasteiger partial charge is 0.389 e. The summed E-state index contributed by atoms with van der Waals surface area (Å²) in [6, 6.07) is 7.40. The standard InChI is InChI=1S/C34H41F3N6O2/c1-21-24-8-7-9-26(28(24)35)34(36,37)23-10-16-42(17-11-23)20-32(3,45)12-5-4-6-15-43-30-25(29(39-21)40-22(2)41-30)18-27(31(43)44)33(19-38)13-14-33/h7-9,18,21,23,45H,4-6,10-17,20H2,1-3H3,(H,39,40,41)/t21-,32?/m1/s1. The summed E-state index contributed by atoms with van der Waals surface area (Å²) in [5, 5.41) is 24.9. The number of nitrogens with zero attached hydrogens (tertiary/aromatic N) is 5. The number of nitrogens with one attached hydrogen (secondary N) is 1. The monoisotopic (exact) mass is 622 g/mol. The van der Waals surface area contributed by atoms with Crippen LogP contribution >= 0.6 is 0 Å². The lowest BCUT2D eigenvalue weighted by atomic mass is 9.84. The van der Waals surface area contributed by atoms with Crippen LogP contribution in [0.15, 0.2) is 29.1 Å². The number of rotatable bonds is 1. The molecule has 1 saturated heterocycles. The summed E-state index contributed by atoms with van der Waals surface area (Å²) in [6.07, 6.45) is 4.24. The SMILES string of the molecule is Cc1nc2c3cc(C4(C#N)CC4)c(=O)n(c3n1)CCCCCC(C)(O)CN1CCC(CC1)C(F)(F)c1cccc(c1F)[C@@H](C)N2. The Morgan fingerprint density at radius 3 is 2.49 bits per heavy atom. The minimum absolute atomic E-state index is 0.0835. The second-order valence-electron chi connectivity index (χ2n) is 13.6. The maximum Gasteiger partial charge on any atom is 0.278 e. The predicted molar refractivity (Wildman–Crippen MR) is 166 cm³/mol. The van der Waals surface area contributed by atoms with Crippen LogP contribution in [0.4, 0.5) is 19.0 Å².